The number of hydrogen-bond donors (Lipinski definition) is 2. The zero-order chi connectivity index (χ0) is 12.2. The van der Waals surface area contributed by atoms with Crippen molar-refractivity contribution in [2.75, 3.05) is 13.2 Å². The molecule has 1 aliphatic rings. The van der Waals surface area contributed by atoms with Gasteiger partial charge < -0.3 is 10.1 Å². The van der Waals surface area contributed by atoms with Crippen LogP contribution in [0.25, 0.3) is 0 Å². The molecule has 5 nitrogen and oxygen atoms in total. The molecule has 1 saturated heterocycles. The second-order valence-corrected chi connectivity index (χ2v) is 2.82. The Labute approximate surface area is 93.9 Å². The fraction of sp³-hybridized carbons (Fsp3) is 0.273. The maximum absolute atomic E-state index is 9.91. The van der Waals surface area contributed by atoms with Gasteiger partial charge in [0.05, 0.1) is 6.54 Å². The minimum absolute atomic E-state index is 0.296. The van der Waals surface area contributed by atoms with Gasteiger partial charge in [-0.1, -0.05) is 35.9 Å². The van der Waals surface area contributed by atoms with E-state index in [9.17, 15) is 4.79 Å². The predicted octanol–water partition coefficient (Wildman–Crippen LogP) is 1.62. The number of cyclic esters (lactones) is 1. The molecule has 0 atom stereocenters. The first-order valence-corrected chi connectivity index (χ1v) is 4.67. The molecular weight excluding hydrogens is 208 g/mol. The molecule has 2 rings (SSSR count). The minimum atomic E-state index is -0.296. The van der Waals surface area contributed by atoms with E-state index < -0.39 is 0 Å². The van der Waals surface area contributed by atoms with Crippen molar-refractivity contribution in [1.82, 2.24) is 5.32 Å². The predicted molar refractivity (Wildman–Crippen MR) is 58.9 cm³/mol. The lowest BCUT2D eigenvalue weighted by molar-refractivity contribution is 0.178. The van der Waals surface area contributed by atoms with Crippen molar-refractivity contribution in [3.63, 3.8) is 0 Å². The topological polar surface area (TPSA) is 79.2 Å². The highest BCUT2D eigenvalue weighted by Gasteiger charge is 2.06. The molecule has 16 heavy (non-hydrogen) atoms. The summed E-state index contributed by atoms with van der Waals surface area (Å²) in [6.45, 7) is 3.28. The quantitative estimate of drug-likeness (QED) is 0.517. The number of hydrogen-bond acceptors (Lipinski definition) is 4. The molecule has 1 aliphatic heterocycles. The number of rotatable bonds is 0. The average Bonchev–Trinajstić information content (AvgIpc) is 2.72. The van der Waals surface area contributed by atoms with E-state index in [0.29, 0.717) is 13.2 Å². The number of amides is 1. The van der Waals surface area contributed by atoms with E-state index >= 15 is 0 Å². The normalized spacial score (nSPS) is 11.7. The zero-order valence-electron chi connectivity index (χ0n) is 9.03. The van der Waals surface area contributed by atoms with Gasteiger partial charge in [-0.25, -0.2) is 15.0 Å². The maximum atomic E-state index is 9.91. The van der Waals surface area contributed by atoms with Gasteiger partial charge >= 0.3 is 6.09 Å². The Hall–Kier alpha value is -2.13. The molecule has 0 aromatic heterocycles. The maximum Gasteiger partial charge on any atom is 0.407 e. The van der Waals surface area contributed by atoms with Crippen LogP contribution in [0.5, 0.6) is 0 Å². The summed E-state index contributed by atoms with van der Waals surface area (Å²) in [5.41, 5.74) is 1.32. The van der Waals surface area contributed by atoms with Gasteiger partial charge in [-0.2, -0.15) is 0 Å². The molecule has 86 valence electrons. The lowest BCUT2D eigenvalue weighted by Gasteiger charge is -1.82. The first kappa shape index (κ1) is 13.9. The third-order valence-electron chi connectivity index (χ3n) is 1.55. The fourth-order valence-electron chi connectivity index (χ4n) is 0.882. The lowest BCUT2D eigenvalue weighted by Crippen LogP contribution is -2.11. The first-order valence-electron chi connectivity index (χ1n) is 4.67. The van der Waals surface area contributed by atoms with Crippen molar-refractivity contribution in [3.05, 3.63) is 35.9 Å². The highest BCUT2D eigenvalue weighted by molar-refractivity contribution is 5.68. The van der Waals surface area contributed by atoms with E-state index in [-0.39, 0.29) is 6.09 Å². The summed E-state index contributed by atoms with van der Waals surface area (Å²) >= 11 is 0. The van der Waals surface area contributed by atoms with Gasteiger partial charge in [-0.05, 0) is 6.92 Å². The van der Waals surface area contributed by atoms with Crippen molar-refractivity contribution in [2.24, 2.45) is 0 Å². The molecule has 0 unspecified atom stereocenters. The summed E-state index contributed by atoms with van der Waals surface area (Å²) in [4.78, 5) is 18.3. The van der Waals surface area contributed by atoms with Crippen LogP contribution >= 0.6 is 0 Å². The van der Waals surface area contributed by atoms with Gasteiger partial charge in [0, 0.05) is 0 Å². The molecule has 0 saturated carbocycles. The van der Waals surface area contributed by atoms with Crippen LogP contribution in [0.1, 0.15) is 5.56 Å². The molecule has 1 aromatic rings. The molecule has 1 aromatic carbocycles. The molecule has 0 radical (unpaired) electrons. The highest BCUT2D eigenvalue weighted by Crippen LogP contribution is 1.92. The van der Waals surface area contributed by atoms with Crippen LogP contribution in [0.2, 0.25) is 0 Å². The third-order valence-corrected chi connectivity index (χ3v) is 1.55. The summed E-state index contributed by atoms with van der Waals surface area (Å²) in [5.74, 6) is 0. The number of alkyl carbamates (subject to hydrolysis) is 1. The number of carbonyl (C=O) groups excluding carboxylic acids is 2. The molecule has 1 heterocycles. The summed E-state index contributed by atoms with van der Waals surface area (Å²) in [7, 11) is 0. The van der Waals surface area contributed by atoms with Crippen LogP contribution in [0.3, 0.4) is 0 Å². The van der Waals surface area contributed by atoms with E-state index in [1.165, 1.54) is 5.56 Å². The van der Waals surface area contributed by atoms with E-state index in [2.05, 4.69) is 29.1 Å². The summed E-state index contributed by atoms with van der Waals surface area (Å²) in [6.07, 6.45) is 0.454. The standard InChI is InChI=1S/C7H8.C3H5NO2.CHNO/c1-7-5-3-2-4-6-7;5-3-4-1-2-6-3;2-1-3/h2-6H,1H3;1-2H2,(H,4,5);2H. The highest BCUT2D eigenvalue weighted by atomic mass is 16.6. The van der Waals surface area contributed by atoms with E-state index in [4.69, 9.17) is 10.2 Å². The Morgan fingerprint density at radius 2 is 1.94 bits per heavy atom. The molecule has 0 aliphatic carbocycles. The second kappa shape index (κ2) is 9.43. The number of aryl methyl sites for hydroxylation is 1. The number of carbonyl (C=O) groups is 1. The Morgan fingerprint density at radius 3 is 2.12 bits per heavy atom. The van der Waals surface area contributed by atoms with Crippen LogP contribution < -0.4 is 5.32 Å². The number of benzene rings is 1. The van der Waals surface area contributed by atoms with Gasteiger partial charge in [0.2, 0.25) is 6.08 Å². The van der Waals surface area contributed by atoms with Gasteiger partial charge in [0.15, 0.2) is 0 Å². The molecule has 2 N–H and O–H groups in total. The first-order chi connectivity index (χ1) is 7.70. The molecule has 1 amide bonds. The fourth-order valence-corrected chi connectivity index (χ4v) is 0.882. The summed E-state index contributed by atoms with van der Waals surface area (Å²) in [5, 5.41) is 7.86. The Bertz CT molecular complexity index is 324. The second-order valence-electron chi connectivity index (χ2n) is 2.82. The molecule has 5 heteroatoms. The van der Waals surface area contributed by atoms with Crippen molar-refractivity contribution in [2.45, 2.75) is 6.92 Å². The Balaban J connectivity index is 0.000000230. The van der Waals surface area contributed by atoms with Crippen molar-refractivity contribution in [3.8, 4) is 0 Å². The lowest BCUT2D eigenvalue weighted by atomic mass is 10.2. The largest absolute Gasteiger partial charge is 0.448 e. The zero-order valence-corrected chi connectivity index (χ0v) is 9.03. The van der Waals surface area contributed by atoms with E-state index in [0.717, 1.165) is 6.08 Å². The monoisotopic (exact) mass is 222 g/mol. The van der Waals surface area contributed by atoms with Crippen LogP contribution in [-0.4, -0.2) is 25.3 Å². The van der Waals surface area contributed by atoms with Crippen molar-refractivity contribution in [1.29, 1.82) is 5.41 Å². The van der Waals surface area contributed by atoms with Gasteiger partial charge in [-0.3, -0.25) is 0 Å². The van der Waals surface area contributed by atoms with Gasteiger partial charge in [0.1, 0.15) is 6.61 Å². The van der Waals surface area contributed by atoms with Crippen LogP contribution in [-0.2, 0) is 9.53 Å². The molecule has 0 bridgehead atoms. The SMILES string of the molecule is Cc1ccccc1.N=C=O.O=C1NCCO1. The smallest absolute Gasteiger partial charge is 0.407 e. The molecule has 1 fully saturated rings. The third kappa shape index (κ3) is 8.47. The number of isocyanates is 1. The van der Waals surface area contributed by atoms with Gasteiger partial charge in [0.25, 0.3) is 0 Å². The van der Waals surface area contributed by atoms with Gasteiger partial charge in [-0.15, -0.1) is 0 Å². The van der Waals surface area contributed by atoms with E-state index in [1.54, 1.807) is 0 Å². The van der Waals surface area contributed by atoms with E-state index in [1.807, 2.05) is 18.2 Å². The van der Waals surface area contributed by atoms with Crippen LogP contribution in [0.15, 0.2) is 30.3 Å². The molecule has 0 spiro atoms. The van der Waals surface area contributed by atoms with Crippen LogP contribution in [0, 0.1) is 12.3 Å². The Kier molecular flexibility index (Phi) is 8.17. The van der Waals surface area contributed by atoms with Crippen molar-refractivity contribution < 1.29 is 14.3 Å². The number of ether oxygens (including phenoxy) is 1. The summed E-state index contributed by atoms with van der Waals surface area (Å²) < 4.78 is 4.40. The van der Waals surface area contributed by atoms with Crippen molar-refractivity contribution >= 4 is 12.2 Å². The van der Waals surface area contributed by atoms with Crippen LogP contribution in [0.4, 0.5) is 4.79 Å². The minimum Gasteiger partial charge on any atom is -0.448 e. The average molecular weight is 222 g/mol. The molecular formula is C11H14N2O3. The Morgan fingerprint density at radius 1 is 1.38 bits per heavy atom. The number of nitrogens with one attached hydrogen (secondary N) is 2. The summed E-state index contributed by atoms with van der Waals surface area (Å²) in [6, 6.07) is 10.3.